The van der Waals surface area contributed by atoms with Crippen molar-refractivity contribution in [3.8, 4) is 0 Å². The Morgan fingerprint density at radius 3 is 2.79 bits per heavy atom. The molecule has 1 aromatic rings. The van der Waals surface area contributed by atoms with E-state index in [4.69, 9.17) is 9.47 Å². The standard InChI is InChI=1S/C7H9N3O4/c1-9-4-5(10(11)12)8-6(9)7-13-2-3-14-7/h4,7H,2-3H2,1H3. The Balaban J connectivity index is 2.28. The molecule has 0 aromatic carbocycles. The second-order valence-electron chi connectivity index (χ2n) is 2.90. The number of aryl methyl sites for hydroxylation is 1. The minimum absolute atomic E-state index is 0.193. The van der Waals surface area contributed by atoms with Crippen LogP contribution in [0.4, 0.5) is 5.82 Å². The molecule has 0 saturated carbocycles. The summed E-state index contributed by atoms with van der Waals surface area (Å²) < 4.78 is 11.9. The van der Waals surface area contributed by atoms with E-state index in [1.165, 1.54) is 10.8 Å². The summed E-state index contributed by atoms with van der Waals surface area (Å²) in [5, 5.41) is 10.4. The molecule has 0 radical (unpaired) electrons. The smallest absolute Gasteiger partial charge is 0.358 e. The van der Waals surface area contributed by atoms with Crippen molar-refractivity contribution in [2.75, 3.05) is 13.2 Å². The minimum atomic E-state index is -0.575. The Morgan fingerprint density at radius 1 is 1.64 bits per heavy atom. The monoisotopic (exact) mass is 199 g/mol. The summed E-state index contributed by atoms with van der Waals surface area (Å²) >= 11 is 0. The molecule has 0 bridgehead atoms. The van der Waals surface area contributed by atoms with Crippen molar-refractivity contribution < 1.29 is 14.4 Å². The fourth-order valence-electron chi connectivity index (χ4n) is 1.28. The first kappa shape index (κ1) is 9.10. The average Bonchev–Trinajstić information content (AvgIpc) is 2.71. The van der Waals surface area contributed by atoms with Gasteiger partial charge in [-0.2, -0.15) is 0 Å². The van der Waals surface area contributed by atoms with Crippen molar-refractivity contribution in [2.45, 2.75) is 6.29 Å². The van der Waals surface area contributed by atoms with Crippen LogP contribution >= 0.6 is 0 Å². The van der Waals surface area contributed by atoms with E-state index in [0.717, 1.165) is 0 Å². The maximum Gasteiger partial charge on any atom is 0.382 e. The molecular formula is C7H9N3O4. The van der Waals surface area contributed by atoms with Gasteiger partial charge in [-0.3, -0.25) is 0 Å². The molecule has 0 amide bonds. The number of nitro groups is 1. The zero-order valence-electron chi connectivity index (χ0n) is 7.54. The van der Waals surface area contributed by atoms with E-state index in [-0.39, 0.29) is 5.82 Å². The molecule has 14 heavy (non-hydrogen) atoms. The summed E-state index contributed by atoms with van der Waals surface area (Å²) in [7, 11) is 1.67. The molecule has 7 nitrogen and oxygen atoms in total. The zero-order chi connectivity index (χ0) is 10.1. The topological polar surface area (TPSA) is 79.4 Å². The first-order valence-corrected chi connectivity index (χ1v) is 4.09. The summed E-state index contributed by atoms with van der Waals surface area (Å²) in [5.41, 5.74) is 0. The van der Waals surface area contributed by atoms with E-state index in [9.17, 15) is 10.1 Å². The van der Waals surface area contributed by atoms with E-state index < -0.39 is 11.2 Å². The number of rotatable bonds is 2. The highest BCUT2D eigenvalue weighted by Crippen LogP contribution is 2.23. The van der Waals surface area contributed by atoms with Crippen LogP contribution in [0, 0.1) is 10.1 Å². The first-order valence-electron chi connectivity index (χ1n) is 4.09. The Morgan fingerprint density at radius 2 is 2.29 bits per heavy atom. The van der Waals surface area contributed by atoms with Gasteiger partial charge in [-0.1, -0.05) is 0 Å². The maximum absolute atomic E-state index is 10.4. The fraction of sp³-hybridized carbons (Fsp3) is 0.571. The molecule has 7 heteroatoms. The SMILES string of the molecule is Cn1cc([N+](=O)[O-])nc1C1OCCO1. The fourth-order valence-corrected chi connectivity index (χ4v) is 1.28. The number of nitrogens with zero attached hydrogens (tertiary/aromatic N) is 3. The lowest BCUT2D eigenvalue weighted by Crippen LogP contribution is -2.05. The van der Waals surface area contributed by atoms with Crippen molar-refractivity contribution in [3.63, 3.8) is 0 Å². The van der Waals surface area contributed by atoms with Crippen LogP contribution in [0.3, 0.4) is 0 Å². The molecule has 0 unspecified atom stereocenters. The first-order chi connectivity index (χ1) is 6.68. The highest BCUT2D eigenvalue weighted by molar-refractivity contribution is 5.17. The van der Waals surface area contributed by atoms with Crippen LogP contribution in [-0.4, -0.2) is 27.7 Å². The Labute approximate surface area is 79.4 Å². The van der Waals surface area contributed by atoms with Gasteiger partial charge in [0.2, 0.25) is 6.29 Å². The molecule has 1 aliphatic heterocycles. The minimum Gasteiger partial charge on any atom is -0.358 e. The zero-order valence-corrected chi connectivity index (χ0v) is 7.54. The molecule has 1 fully saturated rings. The average molecular weight is 199 g/mol. The predicted octanol–water partition coefficient (Wildman–Crippen LogP) is 0.374. The molecule has 1 aromatic heterocycles. The maximum atomic E-state index is 10.4. The molecule has 0 N–H and O–H groups in total. The van der Waals surface area contributed by atoms with Crippen LogP contribution in [0.15, 0.2) is 6.20 Å². The lowest BCUT2D eigenvalue weighted by atomic mass is 10.6. The summed E-state index contributed by atoms with van der Waals surface area (Å²) in [4.78, 5) is 13.7. The quantitative estimate of drug-likeness (QED) is 0.508. The lowest BCUT2D eigenvalue weighted by Gasteiger charge is -2.03. The molecular weight excluding hydrogens is 190 g/mol. The number of ether oxygens (including phenoxy) is 2. The normalized spacial score (nSPS) is 17.5. The molecule has 0 atom stereocenters. The predicted molar refractivity (Wildman–Crippen MR) is 44.5 cm³/mol. The van der Waals surface area contributed by atoms with Crippen molar-refractivity contribution in [1.82, 2.24) is 9.55 Å². The van der Waals surface area contributed by atoms with E-state index >= 15 is 0 Å². The molecule has 0 spiro atoms. The molecule has 2 heterocycles. The number of aromatic nitrogens is 2. The van der Waals surface area contributed by atoms with Gasteiger partial charge >= 0.3 is 5.82 Å². The molecule has 76 valence electrons. The highest BCUT2D eigenvalue weighted by Gasteiger charge is 2.29. The molecule has 0 aliphatic carbocycles. The van der Waals surface area contributed by atoms with Crippen molar-refractivity contribution in [1.29, 1.82) is 0 Å². The molecule has 1 aliphatic rings. The summed E-state index contributed by atoms with van der Waals surface area (Å²) in [6.07, 6.45) is 0.758. The summed E-state index contributed by atoms with van der Waals surface area (Å²) in [6.45, 7) is 0.983. The molecule has 2 rings (SSSR count). The van der Waals surface area contributed by atoms with E-state index in [1.807, 2.05) is 0 Å². The third-order valence-electron chi connectivity index (χ3n) is 1.92. The van der Waals surface area contributed by atoms with Gasteiger partial charge < -0.3 is 24.2 Å². The van der Waals surface area contributed by atoms with E-state index in [1.54, 1.807) is 7.05 Å². The highest BCUT2D eigenvalue weighted by atomic mass is 16.7. The lowest BCUT2D eigenvalue weighted by molar-refractivity contribution is -0.389. The van der Waals surface area contributed by atoms with Gasteiger partial charge in [-0.15, -0.1) is 0 Å². The van der Waals surface area contributed by atoms with Gasteiger partial charge in [0.1, 0.15) is 6.20 Å². The van der Waals surface area contributed by atoms with E-state index in [0.29, 0.717) is 19.0 Å². The number of hydrogen-bond donors (Lipinski definition) is 0. The van der Waals surface area contributed by atoms with Crippen LogP contribution in [0.25, 0.3) is 0 Å². The van der Waals surface area contributed by atoms with Gasteiger partial charge in [-0.25, -0.2) is 0 Å². The summed E-state index contributed by atoms with van der Waals surface area (Å²) in [5.74, 6) is 0.232. The van der Waals surface area contributed by atoms with Gasteiger partial charge in [0.15, 0.2) is 0 Å². The van der Waals surface area contributed by atoms with Crippen LogP contribution in [0.5, 0.6) is 0 Å². The van der Waals surface area contributed by atoms with Crippen molar-refractivity contribution in [3.05, 3.63) is 22.1 Å². The van der Waals surface area contributed by atoms with Crippen LogP contribution in [-0.2, 0) is 16.5 Å². The Kier molecular flexibility index (Phi) is 2.18. The largest absolute Gasteiger partial charge is 0.382 e. The van der Waals surface area contributed by atoms with Crippen molar-refractivity contribution in [2.24, 2.45) is 7.05 Å². The molecule has 1 saturated heterocycles. The summed E-state index contributed by atoms with van der Waals surface area (Å²) in [6, 6.07) is 0. The number of imidazole rings is 1. The Hall–Kier alpha value is -1.47. The van der Waals surface area contributed by atoms with Crippen LogP contribution < -0.4 is 0 Å². The van der Waals surface area contributed by atoms with Gasteiger partial charge in [-0.05, 0) is 9.91 Å². The van der Waals surface area contributed by atoms with Crippen LogP contribution in [0.2, 0.25) is 0 Å². The van der Waals surface area contributed by atoms with Gasteiger partial charge in [0.25, 0.3) is 5.82 Å². The van der Waals surface area contributed by atoms with Crippen LogP contribution in [0.1, 0.15) is 12.1 Å². The second-order valence-corrected chi connectivity index (χ2v) is 2.90. The third-order valence-corrected chi connectivity index (χ3v) is 1.92. The number of hydrogen-bond acceptors (Lipinski definition) is 5. The van der Waals surface area contributed by atoms with Crippen molar-refractivity contribution >= 4 is 5.82 Å². The van der Waals surface area contributed by atoms with E-state index in [2.05, 4.69) is 4.98 Å². The Bertz CT molecular complexity index is 356. The second kappa shape index (κ2) is 3.35. The third kappa shape index (κ3) is 1.47. The van der Waals surface area contributed by atoms with Gasteiger partial charge in [0, 0.05) is 7.05 Å². The van der Waals surface area contributed by atoms with Gasteiger partial charge in [0.05, 0.1) is 13.2 Å².